The van der Waals surface area contributed by atoms with Crippen molar-refractivity contribution in [2.45, 2.75) is 152 Å². The maximum absolute atomic E-state index is 4.84. The summed E-state index contributed by atoms with van der Waals surface area (Å²) in [4.78, 5) is 4.99. The van der Waals surface area contributed by atoms with Gasteiger partial charge in [-0.05, 0) is 173 Å². The molecule has 0 fully saturated rings. The molecule has 0 amide bonds. The van der Waals surface area contributed by atoms with Gasteiger partial charge in [0.2, 0.25) is 0 Å². The van der Waals surface area contributed by atoms with E-state index in [0.717, 1.165) is 29.9 Å². The van der Waals surface area contributed by atoms with E-state index in [4.69, 9.17) is 6.58 Å². The minimum absolute atomic E-state index is 0.00123. The summed E-state index contributed by atoms with van der Waals surface area (Å²) >= 11 is 0. The summed E-state index contributed by atoms with van der Waals surface area (Å²) in [6, 6.07) is 26.2. The average Bonchev–Trinajstić information content (AvgIpc) is 3.47. The first-order valence-corrected chi connectivity index (χ1v) is 21.0. The van der Waals surface area contributed by atoms with Gasteiger partial charge in [0.1, 0.15) is 0 Å². The Kier molecular flexibility index (Phi) is 10.5. The highest BCUT2D eigenvalue weighted by molar-refractivity contribution is 5.87. The number of benzene rings is 4. The lowest BCUT2D eigenvalue weighted by Crippen LogP contribution is -2.21. The molecular weight excluding hydrogens is 677 g/mol. The van der Waals surface area contributed by atoms with Crippen LogP contribution in [0.3, 0.4) is 0 Å². The zero-order valence-corrected chi connectivity index (χ0v) is 37.8. The van der Waals surface area contributed by atoms with E-state index in [1.54, 1.807) is 0 Å². The zero-order valence-electron chi connectivity index (χ0n) is 37.8. The van der Waals surface area contributed by atoms with Gasteiger partial charge in [0.25, 0.3) is 0 Å². The first-order valence-electron chi connectivity index (χ1n) is 21.0. The van der Waals surface area contributed by atoms with E-state index in [1.807, 2.05) is 0 Å². The van der Waals surface area contributed by atoms with E-state index in [-0.39, 0.29) is 27.1 Å². The number of fused-ring (bicyclic) bond motifs is 2. The van der Waals surface area contributed by atoms with Gasteiger partial charge >= 0.3 is 0 Å². The SMILES string of the molecule is C=C(/C=C(\C=C/C)C(C)(C)C)N(c1cccc(C(C)(C)C)c1)c1cc(C)cc(N(c2ccc3c(c2)C(C)(C)CC3(C)C)c2cc3c(cc2C)CCC3(C)C)c1C. The van der Waals surface area contributed by atoms with Crippen molar-refractivity contribution >= 4 is 28.4 Å². The van der Waals surface area contributed by atoms with Crippen LogP contribution in [0.4, 0.5) is 28.4 Å². The molecule has 2 aliphatic rings. The smallest absolute Gasteiger partial charge is 0.0514 e. The van der Waals surface area contributed by atoms with Crippen LogP contribution in [0.15, 0.2) is 103 Å². The van der Waals surface area contributed by atoms with Gasteiger partial charge in [0.05, 0.1) is 11.4 Å². The van der Waals surface area contributed by atoms with Gasteiger partial charge in [-0.2, -0.15) is 0 Å². The highest BCUT2D eigenvalue weighted by atomic mass is 15.2. The molecule has 56 heavy (non-hydrogen) atoms. The number of hydrogen-bond donors (Lipinski definition) is 0. The lowest BCUT2D eigenvalue weighted by Gasteiger charge is -2.35. The van der Waals surface area contributed by atoms with Crippen LogP contribution >= 0.6 is 0 Å². The number of hydrogen-bond acceptors (Lipinski definition) is 2. The van der Waals surface area contributed by atoms with E-state index in [2.05, 4.69) is 206 Å². The molecule has 0 unspecified atom stereocenters. The van der Waals surface area contributed by atoms with Crippen molar-refractivity contribution < 1.29 is 0 Å². The molecule has 2 aliphatic carbocycles. The van der Waals surface area contributed by atoms with Gasteiger partial charge in [-0.3, -0.25) is 0 Å². The summed E-state index contributed by atoms with van der Waals surface area (Å²) in [5, 5.41) is 0. The summed E-state index contributed by atoms with van der Waals surface area (Å²) in [5.41, 5.74) is 19.4. The van der Waals surface area contributed by atoms with Gasteiger partial charge < -0.3 is 9.80 Å². The Morgan fingerprint density at radius 1 is 0.696 bits per heavy atom. The van der Waals surface area contributed by atoms with Crippen LogP contribution in [0.5, 0.6) is 0 Å². The standard InChI is InChI=1S/C54H70N2/c1-18-20-40(50(6,7)8)30-37(4)55(42-22-19-21-41(31-42)51(9,10)11)48-27-35(2)28-49(38(48)5)56(47-33-45-39(29-36(47)3)25-26-52(45,12)13)43-23-24-44-46(32-43)54(16,17)34-53(44,14)15/h18-24,27-33H,4,25-26,34H2,1-3,5-17H3/b20-18-,40-30+. The van der Waals surface area contributed by atoms with Crippen molar-refractivity contribution in [3.8, 4) is 0 Å². The normalized spacial score (nSPS) is 17.2. The Balaban J connectivity index is 1.66. The summed E-state index contributed by atoms with van der Waals surface area (Å²) in [7, 11) is 0. The fraction of sp³-hybridized carbons (Fsp3) is 0.444. The van der Waals surface area contributed by atoms with Crippen LogP contribution in [0.2, 0.25) is 0 Å². The second-order valence-electron chi connectivity index (χ2n) is 21.1. The zero-order chi connectivity index (χ0) is 41.3. The van der Waals surface area contributed by atoms with Crippen molar-refractivity contribution in [3.05, 3.63) is 147 Å². The molecule has 0 saturated carbocycles. The Morgan fingerprint density at radius 2 is 1.36 bits per heavy atom. The van der Waals surface area contributed by atoms with Crippen molar-refractivity contribution in [3.63, 3.8) is 0 Å². The van der Waals surface area contributed by atoms with Crippen molar-refractivity contribution in [2.24, 2.45) is 5.41 Å². The summed E-state index contributed by atoms with van der Waals surface area (Å²) in [6.45, 7) is 42.1. The molecule has 0 N–H and O–H groups in total. The molecule has 0 bridgehead atoms. The molecule has 6 rings (SSSR count). The van der Waals surface area contributed by atoms with Crippen LogP contribution < -0.4 is 9.80 Å². The molecule has 2 heteroatoms. The molecule has 2 nitrogen and oxygen atoms in total. The number of anilines is 5. The third kappa shape index (κ3) is 7.70. The van der Waals surface area contributed by atoms with Gasteiger partial charge in [-0.1, -0.05) is 126 Å². The summed E-state index contributed by atoms with van der Waals surface area (Å²) < 4.78 is 0. The first kappa shape index (κ1) is 41.3. The predicted octanol–water partition coefficient (Wildman–Crippen LogP) is 15.8. The fourth-order valence-corrected chi connectivity index (χ4v) is 9.74. The third-order valence-electron chi connectivity index (χ3n) is 12.8. The van der Waals surface area contributed by atoms with E-state index >= 15 is 0 Å². The number of nitrogens with zero attached hydrogens (tertiary/aromatic N) is 2. The van der Waals surface area contributed by atoms with Crippen LogP contribution in [0, 0.1) is 26.2 Å². The summed E-state index contributed by atoms with van der Waals surface area (Å²) in [6.07, 6.45) is 10.1. The summed E-state index contributed by atoms with van der Waals surface area (Å²) in [5.74, 6) is 0. The highest BCUT2D eigenvalue weighted by Gasteiger charge is 2.42. The molecule has 0 radical (unpaired) electrons. The molecule has 0 heterocycles. The molecule has 0 spiro atoms. The van der Waals surface area contributed by atoms with E-state index < -0.39 is 0 Å². The Bertz CT molecular complexity index is 2240. The highest BCUT2D eigenvalue weighted by Crippen LogP contribution is 2.53. The molecule has 0 saturated heterocycles. The van der Waals surface area contributed by atoms with Crippen LogP contribution in [0.25, 0.3) is 0 Å². The van der Waals surface area contributed by atoms with Crippen LogP contribution in [-0.2, 0) is 28.1 Å². The number of allylic oxidation sites excluding steroid dienone is 4. The Hall–Kier alpha value is -4.30. The van der Waals surface area contributed by atoms with Crippen molar-refractivity contribution in [1.82, 2.24) is 0 Å². The second-order valence-corrected chi connectivity index (χ2v) is 21.1. The van der Waals surface area contributed by atoms with E-state index in [0.29, 0.717) is 0 Å². The lowest BCUT2D eigenvalue weighted by molar-refractivity contribution is 0.403. The molecular formula is C54H70N2. The quantitative estimate of drug-likeness (QED) is 0.166. The molecule has 4 aromatic rings. The van der Waals surface area contributed by atoms with Crippen molar-refractivity contribution in [2.75, 3.05) is 9.80 Å². The van der Waals surface area contributed by atoms with Crippen LogP contribution in [0.1, 0.15) is 147 Å². The lowest BCUT2D eigenvalue weighted by atomic mass is 9.82. The molecule has 0 aliphatic heterocycles. The van der Waals surface area contributed by atoms with Crippen LogP contribution in [-0.4, -0.2) is 0 Å². The van der Waals surface area contributed by atoms with Gasteiger partial charge in [0.15, 0.2) is 0 Å². The first-order chi connectivity index (χ1) is 25.9. The maximum atomic E-state index is 4.84. The maximum Gasteiger partial charge on any atom is 0.0514 e. The third-order valence-corrected chi connectivity index (χ3v) is 12.8. The van der Waals surface area contributed by atoms with E-state index in [9.17, 15) is 0 Å². The minimum atomic E-state index is -0.0488. The monoisotopic (exact) mass is 747 g/mol. The molecule has 0 atom stereocenters. The predicted molar refractivity (Wildman–Crippen MR) is 246 cm³/mol. The topological polar surface area (TPSA) is 6.48 Å². The Labute approximate surface area is 341 Å². The molecule has 296 valence electrons. The second kappa shape index (κ2) is 14.3. The van der Waals surface area contributed by atoms with Gasteiger partial charge in [-0.15, -0.1) is 0 Å². The molecule has 4 aromatic carbocycles. The molecule has 0 aromatic heterocycles. The minimum Gasteiger partial charge on any atom is -0.311 e. The number of aryl methyl sites for hydroxylation is 3. The van der Waals surface area contributed by atoms with Gasteiger partial charge in [0, 0.05) is 22.8 Å². The fourth-order valence-electron chi connectivity index (χ4n) is 9.74. The Morgan fingerprint density at radius 3 is 2.00 bits per heavy atom. The number of rotatable bonds is 8. The van der Waals surface area contributed by atoms with E-state index in [1.165, 1.54) is 73.6 Å². The largest absolute Gasteiger partial charge is 0.311 e. The van der Waals surface area contributed by atoms with Gasteiger partial charge in [-0.25, -0.2) is 0 Å². The van der Waals surface area contributed by atoms with Crippen molar-refractivity contribution in [1.29, 1.82) is 0 Å². The average molecular weight is 747 g/mol.